The normalized spacial score (nSPS) is 23.5. The minimum absolute atomic E-state index is 0.444. The molecule has 1 aromatic rings. The van der Waals surface area contributed by atoms with Gasteiger partial charge in [0, 0.05) is 19.1 Å². The van der Waals surface area contributed by atoms with Crippen LogP contribution in [0, 0.1) is 5.92 Å². The zero-order valence-electron chi connectivity index (χ0n) is 12.1. The van der Waals surface area contributed by atoms with Gasteiger partial charge in [-0.05, 0) is 50.3 Å². The van der Waals surface area contributed by atoms with Gasteiger partial charge in [0.05, 0.1) is 16.3 Å². The Labute approximate surface area is 130 Å². The number of piperidine rings is 1. The molecule has 114 valence electrons. The van der Waals surface area contributed by atoms with Gasteiger partial charge in [-0.1, -0.05) is 17.7 Å². The molecule has 2 aliphatic heterocycles. The fraction of sp³-hybridized carbons (Fsp3) is 0.562. The average Bonchev–Trinajstić information content (AvgIpc) is 3.01. The minimum atomic E-state index is -0.449. The van der Waals surface area contributed by atoms with E-state index in [4.69, 9.17) is 17.3 Å². The number of amides is 1. The van der Waals surface area contributed by atoms with Crippen LogP contribution in [0.25, 0.3) is 0 Å². The molecule has 0 radical (unpaired) electrons. The van der Waals surface area contributed by atoms with Gasteiger partial charge in [-0.3, -0.25) is 4.79 Å². The van der Waals surface area contributed by atoms with Crippen molar-refractivity contribution in [2.24, 2.45) is 11.7 Å². The molecule has 1 amide bonds. The van der Waals surface area contributed by atoms with Crippen LogP contribution in [-0.4, -0.2) is 31.6 Å². The second-order valence-corrected chi connectivity index (χ2v) is 6.43. The van der Waals surface area contributed by atoms with Gasteiger partial charge in [0.25, 0.3) is 5.91 Å². The lowest BCUT2D eigenvalue weighted by Crippen LogP contribution is -2.41. The highest BCUT2D eigenvalue weighted by molar-refractivity contribution is 6.34. The van der Waals surface area contributed by atoms with E-state index in [2.05, 4.69) is 10.2 Å². The quantitative estimate of drug-likeness (QED) is 0.901. The minimum Gasteiger partial charge on any atom is -0.371 e. The predicted molar refractivity (Wildman–Crippen MR) is 85.9 cm³/mol. The summed E-state index contributed by atoms with van der Waals surface area (Å²) in [4.78, 5) is 13.9. The number of primary amides is 1. The lowest BCUT2D eigenvalue weighted by atomic mass is 9.88. The molecule has 1 unspecified atom stereocenters. The first-order chi connectivity index (χ1) is 10.2. The summed E-state index contributed by atoms with van der Waals surface area (Å²) in [7, 11) is 0. The van der Waals surface area contributed by atoms with Crippen molar-refractivity contribution in [3.8, 4) is 0 Å². The average molecular weight is 308 g/mol. The van der Waals surface area contributed by atoms with E-state index in [1.807, 2.05) is 12.1 Å². The smallest absolute Gasteiger partial charge is 0.252 e. The van der Waals surface area contributed by atoms with Gasteiger partial charge in [0.15, 0.2) is 0 Å². The van der Waals surface area contributed by atoms with Crippen molar-refractivity contribution in [2.75, 3.05) is 24.5 Å². The van der Waals surface area contributed by atoms with Crippen LogP contribution in [0.15, 0.2) is 18.2 Å². The van der Waals surface area contributed by atoms with Crippen LogP contribution >= 0.6 is 11.6 Å². The molecule has 0 aliphatic carbocycles. The monoisotopic (exact) mass is 307 g/mol. The van der Waals surface area contributed by atoms with Gasteiger partial charge in [-0.15, -0.1) is 0 Å². The van der Waals surface area contributed by atoms with Crippen LogP contribution in [0.2, 0.25) is 5.02 Å². The van der Waals surface area contributed by atoms with Crippen LogP contribution in [0.4, 0.5) is 5.69 Å². The summed E-state index contributed by atoms with van der Waals surface area (Å²) < 4.78 is 0. The summed E-state index contributed by atoms with van der Waals surface area (Å²) >= 11 is 6.14. The molecule has 0 spiro atoms. The van der Waals surface area contributed by atoms with Crippen molar-refractivity contribution in [3.63, 3.8) is 0 Å². The van der Waals surface area contributed by atoms with E-state index < -0.39 is 5.91 Å². The molecule has 2 saturated heterocycles. The summed E-state index contributed by atoms with van der Waals surface area (Å²) in [6.45, 7) is 3.08. The highest BCUT2D eigenvalue weighted by Gasteiger charge is 2.29. The molecule has 3 rings (SSSR count). The van der Waals surface area contributed by atoms with Crippen LogP contribution in [0.3, 0.4) is 0 Å². The summed E-state index contributed by atoms with van der Waals surface area (Å²) in [5.41, 5.74) is 6.83. The van der Waals surface area contributed by atoms with Gasteiger partial charge >= 0.3 is 0 Å². The van der Waals surface area contributed by atoms with Gasteiger partial charge in [0.2, 0.25) is 0 Å². The van der Waals surface area contributed by atoms with Crippen molar-refractivity contribution < 1.29 is 4.79 Å². The Bertz CT molecular complexity index is 520. The fourth-order valence-electron chi connectivity index (χ4n) is 3.68. The maximum atomic E-state index is 11.7. The zero-order valence-corrected chi connectivity index (χ0v) is 12.9. The van der Waals surface area contributed by atoms with E-state index in [0.29, 0.717) is 16.6 Å². The standard InChI is InChI=1S/C16H22ClN3O/c17-12-3-1-5-14(15(12)16(18)21)20-9-6-11(7-10-20)13-4-2-8-19-13/h1,3,5,11,13,19H,2,4,6-10H2,(H2,18,21). The third-order valence-corrected chi connectivity index (χ3v) is 5.10. The number of nitrogens with zero attached hydrogens (tertiary/aromatic N) is 1. The highest BCUT2D eigenvalue weighted by Crippen LogP contribution is 2.32. The molecule has 2 heterocycles. The maximum Gasteiger partial charge on any atom is 0.252 e. The SMILES string of the molecule is NC(=O)c1c(Cl)cccc1N1CCC(C2CCCN2)CC1. The molecule has 1 aromatic carbocycles. The van der Waals surface area contributed by atoms with Crippen molar-refractivity contribution in [3.05, 3.63) is 28.8 Å². The van der Waals surface area contributed by atoms with Crippen molar-refractivity contribution in [2.45, 2.75) is 31.7 Å². The van der Waals surface area contributed by atoms with Gasteiger partial charge in [0.1, 0.15) is 0 Å². The second kappa shape index (κ2) is 6.24. The first-order valence-corrected chi connectivity index (χ1v) is 8.11. The Morgan fingerprint density at radius 2 is 2.05 bits per heavy atom. The van der Waals surface area contributed by atoms with E-state index >= 15 is 0 Å². The van der Waals surface area contributed by atoms with E-state index in [1.54, 1.807) is 6.07 Å². The first kappa shape index (κ1) is 14.7. The van der Waals surface area contributed by atoms with E-state index in [1.165, 1.54) is 12.8 Å². The molecule has 0 aromatic heterocycles. The zero-order chi connectivity index (χ0) is 14.8. The molecule has 2 aliphatic rings. The number of carbonyl (C=O) groups is 1. The van der Waals surface area contributed by atoms with Crippen LogP contribution in [0.5, 0.6) is 0 Å². The van der Waals surface area contributed by atoms with Crippen molar-refractivity contribution in [1.29, 1.82) is 0 Å². The van der Waals surface area contributed by atoms with Crippen LogP contribution in [0.1, 0.15) is 36.0 Å². The number of rotatable bonds is 3. The van der Waals surface area contributed by atoms with E-state index in [9.17, 15) is 4.79 Å². The molecule has 5 heteroatoms. The second-order valence-electron chi connectivity index (χ2n) is 6.03. The maximum absolute atomic E-state index is 11.7. The van der Waals surface area contributed by atoms with Crippen molar-refractivity contribution in [1.82, 2.24) is 5.32 Å². The number of carbonyl (C=O) groups excluding carboxylic acids is 1. The Morgan fingerprint density at radius 3 is 2.67 bits per heavy atom. The van der Waals surface area contributed by atoms with E-state index in [-0.39, 0.29) is 0 Å². The number of benzene rings is 1. The van der Waals surface area contributed by atoms with Crippen LogP contribution < -0.4 is 16.0 Å². The largest absolute Gasteiger partial charge is 0.371 e. The number of hydrogen-bond acceptors (Lipinski definition) is 3. The summed E-state index contributed by atoms with van der Waals surface area (Å²) in [6.07, 6.45) is 4.91. The number of nitrogens with one attached hydrogen (secondary N) is 1. The molecule has 3 N–H and O–H groups in total. The molecule has 0 bridgehead atoms. The lowest BCUT2D eigenvalue weighted by Gasteiger charge is -2.37. The van der Waals surface area contributed by atoms with Gasteiger partial charge < -0.3 is 16.0 Å². The Morgan fingerprint density at radius 1 is 1.29 bits per heavy atom. The van der Waals surface area contributed by atoms with E-state index in [0.717, 1.165) is 44.1 Å². The summed E-state index contributed by atoms with van der Waals surface area (Å²) in [5.74, 6) is 0.301. The fourth-order valence-corrected chi connectivity index (χ4v) is 3.94. The predicted octanol–water partition coefficient (Wildman–Crippen LogP) is 2.41. The molecular formula is C16H22ClN3O. The number of anilines is 1. The Balaban J connectivity index is 1.72. The third kappa shape index (κ3) is 3.01. The third-order valence-electron chi connectivity index (χ3n) is 4.79. The Kier molecular flexibility index (Phi) is 4.36. The Hall–Kier alpha value is -1.26. The molecule has 4 nitrogen and oxygen atoms in total. The van der Waals surface area contributed by atoms with Gasteiger partial charge in [-0.25, -0.2) is 0 Å². The molecular weight excluding hydrogens is 286 g/mol. The lowest BCUT2D eigenvalue weighted by molar-refractivity contribution is 0.100. The van der Waals surface area contributed by atoms with Crippen molar-refractivity contribution >= 4 is 23.2 Å². The highest BCUT2D eigenvalue weighted by atomic mass is 35.5. The molecule has 0 saturated carbocycles. The molecule has 1 atom stereocenters. The number of hydrogen-bond donors (Lipinski definition) is 2. The van der Waals surface area contributed by atoms with Gasteiger partial charge in [-0.2, -0.15) is 0 Å². The molecule has 21 heavy (non-hydrogen) atoms. The van der Waals surface area contributed by atoms with Crippen LogP contribution in [-0.2, 0) is 0 Å². The topological polar surface area (TPSA) is 58.4 Å². The number of nitrogens with two attached hydrogens (primary N) is 1. The first-order valence-electron chi connectivity index (χ1n) is 7.73. The summed E-state index contributed by atoms with van der Waals surface area (Å²) in [6, 6.07) is 6.23. The summed E-state index contributed by atoms with van der Waals surface area (Å²) in [5, 5.41) is 4.05. The number of halogens is 1. The molecule has 2 fully saturated rings.